The van der Waals surface area contributed by atoms with Crippen LogP contribution in [0.15, 0.2) is 60.8 Å². The van der Waals surface area contributed by atoms with Gasteiger partial charge in [0, 0.05) is 92.9 Å². The number of aromatic nitrogens is 2. The van der Waals surface area contributed by atoms with Crippen LogP contribution in [0.25, 0.3) is 0 Å². The first kappa shape index (κ1) is 44.1. The summed E-state index contributed by atoms with van der Waals surface area (Å²) in [6.45, 7) is 10.4. The molecule has 0 radical (unpaired) electrons. The van der Waals surface area contributed by atoms with Gasteiger partial charge >= 0.3 is 0 Å². The highest BCUT2D eigenvalue weighted by atomic mass is 35.5. The van der Waals surface area contributed by atoms with Crippen molar-refractivity contribution in [3.05, 3.63) is 88.3 Å². The lowest BCUT2D eigenvalue weighted by molar-refractivity contribution is -0.136. The van der Waals surface area contributed by atoms with Gasteiger partial charge in [0.1, 0.15) is 29.8 Å². The third-order valence-electron chi connectivity index (χ3n) is 12.3. The molecule has 1 aromatic heterocycles. The molecule has 17 heteroatoms. The van der Waals surface area contributed by atoms with Gasteiger partial charge in [-0.25, -0.2) is 9.37 Å². The van der Waals surface area contributed by atoms with Crippen LogP contribution in [0.3, 0.4) is 0 Å². The monoisotopic (exact) mass is 895 g/mol. The normalized spacial score (nSPS) is 18.7. The van der Waals surface area contributed by atoms with E-state index < -0.39 is 30.8 Å². The van der Waals surface area contributed by atoms with Crippen LogP contribution in [0.4, 0.5) is 33.2 Å². The fourth-order valence-electron chi connectivity index (χ4n) is 8.93. The maximum absolute atomic E-state index is 14.8. The van der Waals surface area contributed by atoms with Crippen LogP contribution in [0.2, 0.25) is 5.02 Å². The third kappa shape index (κ3) is 10.00. The Morgan fingerprint density at radius 2 is 1.75 bits per heavy atom. The maximum atomic E-state index is 14.8. The number of anilines is 5. The number of nitrogens with zero attached hydrogens (tertiary/aromatic N) is 6. The van der Waals surface area contributed by atoms with Crippen molar-refractivity contribution >= 4 is 70.6 Å². The average molecular weight is 896 g/mol. The highest BCUT2D eigenvalue weighted by molar-refractivity contribution is 7.70. The summed E-state index contributed by atoms with van der Waals surface area (Å²) >= 11 is 6.48. The Morgan fingerprint density at radius 1 is 0.968 bits per heavy atom. The van der Waals surface area contributed by atoms with Gasteiger partial charge in [0.2, 0.25) is 17.8 Å². The van der Waals surface area contributed by atoms with Crippen LogP contribution in [0.1, 0.15) is 60.0 Å². The summed E-state index contributed by atoms with van der Waals surface area (Å²) in [5, 5.41) is 9.86. The zero-order valence-electron chi connectivity index (χ0n) is 35.8. The van der Waals surface area contributed by atoms with Gasteiger partial charge in [-0.2, -0.15) is 4.98 Å². The number of hydrogen-bond donors (Lipinski definition) is 3. The second kappa shape index (κ2) is 19.1. The molecule has 1 unspecified atom stereocenters. The smallest absolute Gasteiger partial charge is 0.258 e. The van der Waals surface area contributed by atoms with Gasteiger partial charge in [-0.15, -0.1) is 0 Å². The summed E-state index contributed by atoms with van der Waals surface area (Å²) in [4.78, 5) is 55.1. The van der Waals surface area contributed by atoms with E-state index in [0.29, 0.717) is 57.1 Å². The maximum Gasteiger partial charge on any atom is 0.258 e. The van der Waals surface area contributed by atoms with E-state index in [-0.39, 0.29) is 30.9 Å². The van der Waals surface area contributed by atoms with Gasteiger partial charge in [0.15, 0.2) is 5.82 Å². The highest BCUT2D eigenvalue weighted by Crippen LogP contribution is 2.39. The van der Waals surface area contributed by atoms with Crippen molar-refractivity contribution in [2.75, 3.05) is 81.8 Å². The number of benzene rings is 3. The summed E-state index contributed by atoms with van der Waals surface area (Å²) in [7, 11) is -0.907. The number of piperazine rings is 1. The number of carbonyl (C=O) groups excluding carboxylic acids is 3. The molecule has 4 aromatic rings. The van der Waals surface area contributed by atoms with E-state index in [1.165, 1.54) is 17.2 Å². The van der Waals surface area contributed by atoms with Gasteiger partial charge in [-0.1, -0.05) is 35.6 Å². The van der Waals surface area contributed by atoms with Crippen LogP contribution in [-0.2, 0) is 20.7 Å². The number of piperidine rings is 2. The Labute approximate surface area is 372 Å². The molecule has 4 aliphatic heterocycles. The molecule has 3 N–H and O–H groups in total. The molecule has 3 amide bonds. The number of amides is 3. The van der Waals surface area contributed by atoms with E-state index >= 15 is 0 Å². The lowest BCUT2D eigenvalue weighted by Crippen LogP contribution is -2.53. The number of fused-ring (bicyclic) bond motifs is 1. The third-order valence-corrected chi connectivity index (χ3v) is 14.1. The van der Waals surface area contributed by atoms with Crippen molar-refractivity contribution in [3.63, 3.8) is 0 Å². The predicted octanol–water partition coefficient (Wildman–Crippen LogP) is 6.19. The second-order valence-corrected chi connectivity index (χ2v) is 20.3. The Hall–Kier alpha value is -5.52. The molecular formula is C46H52ClFN9O5P. The minimum absolute atomic E-state index is 0.0283. The van der Waals surface area contributed by atoms with E-state index in [0.717, 1.165) is 76.5 Å². The van der Waals surface area contributed by atoms with Crippen molar-refractivity contribution in [2.24, 2.45) is 0 Å². The number of halogens is 2. The number of rotatable bonds is 12. The van der Waals surface area contributed by atoms with Gasteiger partial charge in [0.05, 0.1) is 30.2 Å². The molecule has 8 rings (SSSR count). The minimum atomic E-state index is -2.55. The molecule has 3 saturated heterocycles. The molecule has 1 atom stereocenters. The fourth-order valence-corrected chi connectivity index (χ4v) is 10.2. The first-order chi connectivity index (χ1) is 30.4. The van der Waals surface area contributed by atoms with Gasteiger partial charge in [0.25, 0.3) is 5.91 Å². The summed E-state index contributed by atoms with van der Waals surface area (Å²) in [5.41, 5.74) is 3.57. The van der Waals surface area contributed by atoms with Crippen molar-refractivity contribution in [1.82, 2.24) is 30.0 Å². The van der Waals surface area contributed by atoms with Crippen molar-refractivity contribution in [3.8, 4) is 17.6 Å². The Kier molecular flexibility index (Phi) is 13.3. The van der Waals surface area contributed by atoms with E-state index in [2.05, 4.69) is 58.5 Å². The summed E-state index contributed by atoms with van der Waals surface area (Å²) in [6, 6.07) is 16.1. The molecule has 4 aliphatic rings. The molecule has 3 fully saturated rings. The number of nitrogens with one attached hydrogen (secondary N) is 3. The largest absolute Gasteiger partial charge is 0.494 e. The molecule has 0 spiro atoms. The zero-order chi connectivity index (χ0) is 44.3. The van der Waals surface area contributed by atoms with Crippen LogP contribution in [0.5, 0.6) is 5.75 Å². The molecule has 5 heterocycles. The average Bonchev–Trinajstić information content (AvgIpc) is 3.62. The molecule has 3 aromatic carbocycles. The quantitative estimate of drug-likeness (QED) is 0.0644. The van der Waals surface area contributed by atoms with Crippen LogP contribution in [0, 0.1) is 17.7 Å². The molecule has 0 bridgehead atoms. The molecule has 0 saturated carbocycles. The van der Waals surface area contributed by atoms with Gasteiger partial charge < -0.3 is 34.6 Å². The van der Waals surface area contributed by atoms with E-state index in [1.807, 2.05) is 36.4 Å². The number of para-hydroxylation sites is 1. The van der Waals surface area contributed by atoms with E-state index in [9.17, 15) is 23.3 Å². The summed E-state index contributed by atoms with van der Waals surface area (Å²) in [5.74, 6) is 5.75. The van der Waals surface area contributed by atoms with Gasteiger partial charge in [-0.05, 0) is 82.0 Å². The van der Waals surface area contributed by atoms with Crippen molar-refractivity contribution < 1.29 is 28.1 Å². The topological polar surface area (TPSA) is 152 Å². The van der Waals surface area contributed by atoms with Crippen molar-refractivity contribution in [1.29, 1.82) is 0 Å². The number of ether oxygens (including phenoxy) is 1. The molecule has 0 aliphatic carbocycles. The SMILES string of the molecule is COc1cc(N2CCC(N3CCN(CCCC#Cc4ccc(F)c5c4CN(C4CCC(=O)NC4=O)C5=O)CC3)CC2)ccc1Nc1ncc(Cl)c(Nc2ccccc2P(C)(C)=O)n1. The second-order valence-electron chi connectivity index (χ2n) is 16.7. The number of methoxy groups -OCH3 is 1. The number of carbonyl (C=O) groups is 3. The van der Waals surface area contributed by atoms with Gasteiger partial charge in [-0.3, -0.25) is 24.6 Å². The summed E-state index contributed by atoms with van der Waals surface area (Å²) < 4.78 is 33.5. The molecule has 330 valence electrons. The van der Waals surface area contributed by atoms with Crippen LogP contribution >= 0.6 is 18.7 Å². The number of hydrogen-bond acceptors (Lipinski definition) is 12. The number of unbranched alkanes of at least 4 members (excludes halogenated alkanes) is 1. The first-order valence-corrected chi connectivity index (χ1v) is 24.4. The van der Waals surface area contributed by atoms with Crippen LogP contribution in [-0.4, -0.2) is 121 Å². The standard InChI is InChI=1S/C46H52ClFN9O5P/c1-62-39-27-32(13-15-36(39)51-46-49-28-34(47)43(53-46)50-37-10-6-7-11-40(37)63(2,3)61)55-21-18-31(19-22-55)56-25-23-54(24-26-56)20-8-4-5-9-30-12-14-35(48)42-33(30)29-57(45(42)60)38-16-17-41(58)52-44(38)59/h6-7,10-15,27-28,31,38H,4,8,16-26,29H2,1-3H3,(H,52,58,59)(H2,49,50,51,53). The van der Waals surface area contributed by atoms with Crippen LogP contribution < -0.4 is 30.9 Å². The highest BCUT2D eigenvalue weighted by Gasteiger charge is 2.41. The molecular weight excluding hydrogens is 844 g/mol. The lowest BCUT2D eigenvalue weighted by Gasteiger charge is -2.43. The predicted molar refractivity (Wildman–Crippen MR) is 244 cm³/mol. The van der Waals surface area contributed by atoms with E-state index in [4.69, 9.17) is 16.3 Å². The fraction of sp³-hybridized carbons (Fsp3) is 0.413. The number of imide groups is 1. The van der Waals surface area contributed by atoms with Crippen molar-refractivity contribution in [2.45, 2.75) is 57.2 Å². The lowest BCUT2D eigenvalue weighted by atomic mass is 10.0. The molecule has 63 heavy (non-hydrogen) atoms. The minimum Gasteiger partial charge on any atom is -0.494 e. The Morgan fingerprint density at radius 3 is 2.49 bits per heavy atom. The zero-order valence-corrected chi connectivity index (χ0v) is 37.4. The molecule has 14 nitrogen and oxygen atoms in total. The summed E-state index contributed by atoms with van der Waals surface area (Å²) in [6.07, 6.45) is 5.61. The Balaban J connectivity index is 0.787. The van der Waals surface area contributed by atoms with E-state index in [1.54, 1.807) is 26.5 Å². The first-order valence-electron chi connectivity index (χ1n) is 21.4. The Bertz CT molecular complexity index is 2510.